The van der Waals surface area contributed by atoms with Gasteiger partial charge in [-0.05, 0) is 5.56 Å². The third kappa shape index (κ3) is 6.36. The summed E-state index contributed by atoms with van der Waals surface area (Å²) in [6, 6.07) is 10.1. The SMILES string of the molecule is COP(=O)(O)O[C@@H]1C[C@H](n2ccc(=O)[nH]c2=O)O[C@@H]1COC(=O)OCc1ccccc1. The number of phosphoric ester groups is 1. The molecule has 0 amide bonds. The van der Waals surface area contributed by atoms with E-state index in [1.54, 1.807) is 24.3 Å². The Balaban J connectivity index is 1.64. The topological polar surface area (TPSA) is 155 Å². The van der Waals surface area contributed by atoms with E-state index in [9.17, 15) is 23.8 Å². The summed E-state index contributed by atoms with van der Waals surface area (Å²) in [5.74, 6) is 0. The summed E-state index contributed by atoms with van der Waals surface area (Å²) < 4.78 is 38.2. The summed E-state index contributed by atoms with van der Waals surface area (Å²) in [5, 5.41) is 0. The number of carbonyl (C=O) groups excluding carboxylic acids is 1. The molecule has 1 saturated heterocycles. The van der Waals surface area contributed by atoms with Crippen molar-refractivity contribution < 1.29 is 37.5 Å². The van der Waals surface area contributed by atoms with Gasteiger partial charge >= 0.3 is 19.7 Å². The van der Waals surface area contributed by atoms with E-state index >= 15 is 0 Å². The number of carbonyl (C=O) groups is 1. The number of hydrogen-bond acceptors (Lipinski definition) is 9. The van der Waals surface area contributed by atoms with Crippen molar-refractivity contribution in [3.8, 4) is 0 Å². The number of aromatic amines is 1. The molecule has 1 unspecified atom stereocenters. The van der Waals surface area contributed by atoms with Gasteiger partial charge in [0.25, 0.3) is 5.56 Å². The summed E-state index contributed by atoms with van der Waals surface area (Å²) in [4.78, 5) is 46.9. The molecule has 0 spiro atoms. The number of hydrogen-bond donors (Lipinski definition) is 2. The van der Waals surface area contributed by atoms with Gasteiger partial charge in [0, 0.05) is 25.8 Å². The molecule has 2 aromatic rings. The maximum absolute atomic E-state index is 12.0. The first-order valence-electron chi connectivity index (χ1n) is 9.15. The van der Waals surface area contributed by atoms with Crippen LogP contribution in [-0.4, -0.2) is 46.5 Å². The molecule has 13 heteroatoms. The zero-order valence-corrected chi connectivity index (χ0v) is 17.3. The molecule has 1 aromatic carbocycles. The Morgan fingerprint density at radius 1 is 1.26 bits per heavy atom. The summed E-state index contributed by atoms with van der Waals surface area (Å²) in [5.41, 5.74) is -0.567. The van der Waals surface area contributed by atoms with E-state index < -0.39 is 43.7 Å². The van der Waals surface area contributed by atoms with Crippen molar-refractivity contribution in [2.45, 2.75) is 31.5 Å². The van der Waals surface area contributed by atoms with Gasteiger partial charge in [0.1, 0.15) is 31.6 Å². The monoisotopic (exact) mass is 456 g/mol. The van der Waals surface area contributed by atoms with Gasteiger partial charge in [0.15, 0.2) is 0 Å². The summed E-state index contributed by atoms with van der Waals surface area (Å²) in [6.45, 7) is -0.382. The van der Waals surface area contributed by atoms with E-state index in [0.717, 1.165) is 23.3 Å². The molecule has 1 aromatic heterocycles. The first-order chi connectivity index (χ1) is 14.8. The van der Waals surface area contributed by atoms with Crippen LogP contribution >= 0.6 is 7.82 Å². The quantitative estimate of drug-likeness (QED) is 0.439. The highest BCUT2D eigenvalue weighted by atomic mass is 31.2. The fraction of sp³-hybridized carbons (Fsp3) is 0.389. The maximum Gasteiger partial charge on any atom is 0.508 e. The Labute approximate surface area is 175 Å². The lowest BCUT2D eigenvalue weighted by atomic mass is 10.2. The van der Waals surface area contributed by atoms with Crippen LogP contribution in [0, 0.1) is 0 Å². The summed E-state index contributed by atoms with van der Waals surface area (Å²) in [7, 11) is -3.40. The fourth-order valence-electron chi connectivity index (χ4n) is 2.91. The number of ether oxygens (including phenoxy) is 3. The second-order valence-corrected chi connectivity index (χ2v) is 8.03. The molecule has 1 aliphatic heterocycles. The summed E-state index contributed by atoms with van der Waals surface area (Å²) in [6.07, 6.45) is -2.82. The first-order valence-corrected chi connectivity index (χ1v) is 10.6. The number of nitrogens with one attached hydrogen (secondary N) is 1. The van der Waals surface area contributed by atoms with Gasteiger partial charge in [0.05, 0.1) is 0 Å². The van der Waals surface area contributed by atoms with E-state index in [2.05, 4.69) is 9.51 Å². The molecule has 12 nitrogen and oxygen atoms in total. The van der Waals surface area contributed by atoms with Crippen LogP contribution in [0.5, 0.6) is 0 Å². The van der Waals surface area contributed by atoms with E-state index in [-0.39, 0.29) is 19.6 Å². The van der Waals surface area contributed by atoms with Crippen LogP contribution < -0.4 is 11.2 Å². The van der Waals surface area contributed by atoms with Crippen LogP contribution in [-0.2, 0) is 34.4 Å². The number of phosphoric acid groups is 1. The van der Waals surface area contributed by atoms with Crippen LogP contribution in [0.2, 0.25) is 0 Å². The Kier molecular flexibility index (Phi) is 7.42. The third-order valence-corrected chi connectivity index (χ3v) is 5.40. The predicted octanol–water partition coefficient (Wildman–Crippen LogP) is 1.31. The van der Waals surface area contributed by atoms with Gasteiger partial charge < -0.3 is 19.1 Å². The van der Waals surface area contributed by atoms with Gasteiger partial charge in [-0.15, -0.1) is 0 Å². The Morgan fingerprint density at radius 3 is 2.68 bits per heavy atom. The largest absolute Gasteiger partial charge is 0.508 e. The molecule has 2 heterocycles. The van der Waals surface area contributed by atoms with Gasteiger partial charge in [-0.2, -0.15) is 0 Å². The number of benzene rings is 1. The van der Waals surface area contributed by atoms with E-state index in [1.807, 2.05) is 6.07 Å². The third-order valence-electron chi connectivity index (χ3n) is 4.41. The molecule has 1 aliphatic rings. The number of H-pyrrole nitrogens is 1. The van der Waals surface area contributed by atoms with Crippen LogP contribution in [0.25, 0.3) is 0 Å². The highest BCUT2D eigenvalue weighted by molar-refractivity contribution is 7.47. The second kappa shape index (κ2) is 10.0. The van der Waals surface area contributed by atoms with E-state index in [1.165, 1.54) is 6.20 Å². The average Bonchev–Trinajstić information content (AvgIpc) is 3.13. The molecule has 0 bridgehead atoms. The van der Waals surface area contributed by atoms with Crippen LogP contribution in [0.4, 0.5) is 4.79 Å². The highest BCUT2D eigenvalue weighted by Crippen LogP contribution is 2.47. The molecule has 4 atom stereocenters. The Morgan fingerprint density at radius 2 is 2.00 bits per heavy atom. The minimum atomic E-state index is -4.39. The lowest BCUT2D eigenvalue weighted by Gasteiger charge is -2.20. The maximum atomic E-state index is 12.0. The van der Waals surface area contributed by atoms with Gasteiger partial charge in [0.2, 0.25) is 0 Å². The molecule has 0 radical (unpaired) electrons. The lowest BCUT2D eigenvalue weighted by molar-refractivity contribution is -0.0591. The van der Waals surface area contributed by atoms with Crippen LogP contribution in [0.3, 0.4) is 0 Å². The molecule has 0 saturated carbocycles. The lowest BCUT2D eigenvalue weighted by Crippen LogP contribution is -2.32. The highest BCUT2D eigenvalue weighted by Gasteiger charge is 2.42. The Bertz CT molecular complexity index is 1050. The van der Waals surface area contributed by atoms with E-state index in [4.69, 9.17) is 18.7 Å². The number of rotatable bonds is 8. The number of aromatic nitrogens is 2. The molecule has 0 aliphatic carbocycles. The molecule has 31 heavy (non-hydrogen) atoms. The Hall–Kier alpha value is -2.76. The van der Waals surface area contributed by atoms with Crippen LogP contribution in [0.15, 0.2) is 52.2 Å². The van der Waals surface area contributed by atoms with Crippen molar-refractivity contribution in [3.63, 3.8) is 0 Å². The minimum Gasteiger partial charge on any atom is -0.431 e. The van der Waals surface area contributed by atoms with Gasteiger partial charge in [-0.25, -0.2) is 14.2 Å². The molecule has 168 valence electrons. The number of nitrogens with zero attached hydrogens (tertiary/aromatic N) is 1. The standard InChI is InChI=1S/C18H21N2O10P/c1-26-31(24,25)30-13-9-16(20-8-7-15(21)19-17(20)22)29-14(13)11-28-18(23)27-10-12-5-3-2-4-6-12/h2-8,13-14,16H,9-11H2,1H3,(H,24,25)(H,19,21,22)/t13-,14-,16-/m1/s1. The minimum absolute atomic E-state index is 0.00393. The zero-order chi connectivity index (χ0) is 22.4. The van der Waals surface area contributed by atoms with Crippen molar-refractivity contribution in [3.05, 3.63) is 69.0 Å². The van der Waals surface area contributed by atoms with Crippen molar-refractivity contribution in [2.75, 3.05) is 13.7 Å². The van der Waals surface area contributed by atoms with Crippen molar-refractivity contribution >= 4 is 14.0 Å². The van der Waals surface area contributed by atoms with Gasteiger partial charge in [-0.1, -0.05) is 30.3 Å². The first kappa shape index (κ1) is 22.9. The average molecular weight is 456 g/mol. The summed E-state index contributed by atoms with van der Waals surface area (Å²) >= 11 is 0. The zero-order valence-electron chi connectivity index (χ0n) is 16.4. The molecule has 1 fully saturated rings. The fourth-order valence-corrected chi connectivity index (χ4v) is 3.56. The second-order valence-electron chi connectivity index (χ2n) is 6.51. The predicted molar refractivity (Wildman–Crippen MR) is 104 cm³/mol. The van der Waals surface area contributed by atoms with Crippen molar-refractivity contribution in [1.29, 1.82) is 0 Å². The molecular weight excluding hydrogens is 435 g/mol. The van der Waals surface area contributed by atoms with E-state index in [0.29, 0.717) is 0 Å². The van der Waals surface area contributed by atoms with Crippen molar-refractivity contribution in [2.24, 2.45) is 0 Å². The van der Waals surface area contributed by atoms with Gasteiger partial charge in [-0.3, -0.25) is 23.4 Å². The molecule has 3 rings (SSSR count). The van der Waals surface area contributed by atoms with Crippen molar-refractivity contribution in [1.82, 2.24) is 9.55 Å². The smallest absolute Gasteiger partial charge is 0.431 e. The normalized spacial score (nSPS) is 22.6. The molecule has 2 N–H and O–H groups in total. The van der Waals surface area contributed by atoms with Crippen LogP contribution in [0.1, 0.15) is 18.2 Å². The molecular formula is C18H21N2O10P.